The van der Waals surface area contributed by atoms with Gasteiger partial charge in [-0.2, -0.15) is 0 Å². The van der Waals surface area contributed by atoms with Crippen LogP contribution in [0.5, 0.6) is 11.5 Å². The lowest BCUT2D eigenvalue weighted by Crippen LogP contribution is -2.30. The predicted octanol–water partition coefficient (Wildman–Crippen LogP) is 4.20. The van der Waals surface area contributed by atoms with E-state index in [4.69, 9.17) is 4.74 Å². The summed E-state index contributed by atoms with van der Waals surface area (Å²) in [4.78, 5) is -0.775. The zero-order chi connectivity index (χ0) is 19.4. The third-order valence-electron chi connectivity index (χ3n) is 4.12. The highest BCUT2D eigenvalue weighted by Crippen LogP contribution is 2.53. The zero-order valence-electron chi connectivity index (χ0n) is 13.0. The lowest BCUT2D eigenvalue weighted by atomic mass is 9.99. The first kappa shape index (κ1) is 18.6. The molecule has 1 aliphatic rings. The molecule has 0 bridgehead atoms. The van der Waals surface area contributed by atoms with Gasteiger partial charge in [-0.15, -0.1) is 0 Å². The second-order valence-corrected chi connectivity index (χ2v) is 8.00. The molecule has 3 rings (SSSR count). The van der Waals surface area contributed by atoms with Crippen LogP contribution in [0.1, 0.15) is 30.6 Å². The Morgan fingerprint density at radius 3 is 2.38 bits per heavy atom. The van der Waals surface area contributed by atoms with E-state index < -0.39 is 60.8 Å². The van der Waals surface area contributed by atoms with Crippen LogP contribution < -0.4 is 4.74 Å². The highest BCUT2D eigenvalue weighted by atomic mass is 32.2. The third-order valence-corrected chi connectivity index (χ3v) is 6.33. The quantitative estimate of drug-likeness (QED) is 0.793. The van der Waals surface area contributed by atoms with Gasteiger partial charge in [0.1, 0.15) is 17.6 Å². The number of aliphatic hydroxyl groups excluding tert-OH is 1. The number of fused-ring (bicyclic) bond motifs is 1. The fraction of sp³-hybridized carbons (Fsp3) is 0.250. The van der Waals surface area contributed by atoms with Crippen molar-refractivity contribution < 1.29 is 40.2 Å². The summed E-state index contributed by atoms with van der Waals surface area (Å²) in [6.45, 7) is 0.568. The number of benzene rings is 2. The number of ether oxygens (including phenoxy) is 1. The normalized spacial score (nSPS) is 23.9. The van der Waals surface area contributed by atoms with E-state index in [-0.39, 0.29) is 5.75 Å². The molecule has 1 N–H and O–H groups in total. The minimum absolute atomic E-state index is 0.343. The maximum absolute atomic E-state index is 14.5. The van der Waals surface area contributed by atoms with Gasteiger partial charge < -0.3 is 9.84 Å². The van der Waals surface area contributed by atoms with Crippen molar-refractivity contribution in [1.29, 1.82) is 0 Å². The molecule has 0 aliphatic carbocycles. The van der Waals surface area contributed by atoms with Gasteiger partial charge in [0, 0.05) is 11.6 Å². The molecule has 0 spiro atoms. The summed E-state index contributed by atoms with van der Waals surface area (Å²) < 4.78 is 97.2. The van der Waals surface area contributed by atoms with Gasteiger partial charge in [-0.05, 0) is 31.2 Å². The van der Waals surface area contributed by atoms with Gasteiger partial charge in [0.2, 0.25) is 14.8 Å². The molecule has 1 heterocycles. The monoisotopic (exact) mass is 394 g/mol. The molecule has 0 fully saturated rings. The maximum Gasteiger partial charge on any atom is 0.267 e. The molecule has 1 aliphatic heterocycles. The molecule has 2 atom stereocenters. The lowest BCUT2D eigenvalue weighted by Gasteiger charge is -2.18. The average molecular weight is 394 g/mol. The van der Waals surface area contributed by atoms with Gasteiger partial charge in [-0.3, -0.25) is 0 Å². The van der Waals surface area contributed by atoms with Crippen molar-refractivity contribution >= 4 is 9.84 Å². The molecule has 0 amide bonds. The predicted molar refractivity (Wildman–Crippen MR) is 79.5 cm³/mol. The van der Waals surface area contributed by atoms with Gasteiger partial charge in [0.15, 0.2) is 11.6 Å². The summed E-state index contributed by atoms with van der Waals surface area (Å²) in [6, 6.07) is 3.93. The first-order valence-corrected chi connectivity index (χ1v) is 8.66. The van der Waals surface area contributed by atoms with E-state index in [0.717, 1.165) is 18.2 Å². The number of hydrogen-bond donors (Lipinski definition) is 1. The van der Waals surface area contributed by atoms with E-state index in [1.165, 1.54) is 0 Å². The van der Waals surface area contributed by atoms with Crippen molar-refractivity contribution in [3.8, 4) is 11.5 Å². The molecule has 1 unspecified atom stereocenters. The molecule has 10 heteroatoms. The van der Waals surface area contributed by atoms with Crippen LogP contribution >= 0.6 is 0 Å². The van der Waals surface area contributed by atoms with Crippen LogP contribution in [-0.4, -0.2) is 18.5 Å². The van der Waals surface area contributed by atoms with Gasteiger partial charge >= 0.3 is 0 Å². The summed E-state index contributed by atoms with van der Waals surface area (Å²) in [5.74, 6) is -3.43. The lowest BCUT2D eigenvalue weighted by molar-refractivity contribution is 0.0596. The number of hydrogen-bond acceptors (Lipinski definition) is 4. The summed E-state index contributed by atoms with van der Waals surface area (Å²) in [6.07, 6.45) is -5.69. The fourth-order valence-corrected chi connectivity index (χ4v) is 4.31. The molecular weight excluding hydrogens is 383 g/mol. The second kappa shape index (κ2) is 5.92. The molecule has 140 valence electrons. The number of aliphatic hydroxyl groups is 1. The number of sulfone groups is 1. The summed E-state index contributed by atoms with van der Waals surface area (Å²) in [5, 5.41) is 6.80. The summed E-state index contributed by atoms with van der Waals surface area (Å²) in [7, 11) is -4.71. The van der Waals surface area contributed by atoms with Crippen molar-refractivity contribution in [3.63, 3.8) is 0 Å². The standard InChI is InChI=1S/C16H11F5O4S/c1-16(21)14(22)13-11(26(16,23)24)5-4-10(12(13)15(19)20)25-7-2-3-8(17)9(18)6-7/h2-6,14-15,22H,1H3/t14-,16?/m1/s1. The van der Waals surface area contributed by atoms with Crippen LogP contribution in [0.4, 0.5) is 22.0 Å². The Kier molecular flexibility index (Phi) is 4.23. The van der Waals surface area contributed by atoms with Crippen LogP contribution in [0.2, 0.25) is 0 Å². The molecule has 0 radical (unpaired) electrons. The number of halogens is 5. The molecule has 26 heavy (non-hydrogen) atoms. The fourth-order valence-electron chi connectivity index (χ4n) is 2.71. The van der Waals surface area contributed by atoms with Gasteiger partial charge in [-0.25, -0.2) is 30.4 Å². The van der Waals surface area contributed by atoms with Crippen molar-refractivity contribution in [2.45, 2.75) is 29.3 Å². The van der Waals surface area contributed by atoms with E-state index in [2.05, 4.69) is 0 Å². The topological polar surface area (TPSA) is 63.6 Å². The molecule has 0 saturated carbocycles. The SMILES string of the molecule is CC1(F)[C@H](O)c2c(ccc(Oc3ccc(F)c(F)c3)c2C(F)F)S1(=O)=O. The Balaban J connectivity index is 2.18. The van der Waals surface area contributed by atoms with Crippen molar-refractivity contribution in [3.05, 3.63) is 53.1 Å². The largest absolute Gasteiger partial charge is 0.457 e. The van der Waals surface area contributed by atoms with E-state index in [9.17, 15) is 35.5 Å². The summed E-state index contributed by atoms with van der Waals surface area (Å²) in [5.41, 5.74) is -1.85. The zero-order valence-corrected chi connectivity index (χ0v) is 13.8. The molecular formula is C16H11F5O4S. The molecule has 4 nitrogen and oxygen atoms in total. The first-order chi connectivity index (χ1) is 12.0. The Labute approximate surface area is 144 Å². The highest BCUT2D eigenvalue weighted by Gasteiger charge is 2.57. The van der Waals surface area contributed by atoms with Crippen LogP contribution in [-0.2, 0) is 9.84 Å². The van der Waals surface area contributed by atoms with E-state index >= 15 is 0 Å². The van der Waals surface area contributed by atoms with Crippen molar-refractivity contribution in [2.75, 3.05) is 0 Å². The maximum atomic E-state index is 14.5. The minimum Gasteiger partial charge on any atom is -0.457 e. The smallest absolute Gasteiger partial charge is 0.267 e. The van der Waals surface area contributed by atoms with E-state index in [0.29, 0.717) is 19.1 Å². The third kappa shape index (κ3) is 2.55. The van der Waals surface area contributed by atoms with Gasteiger partial charge in [0.05, 0.1) is 10.5 Å². The van der Waals surface area contributed by atoms with E-state index in [1.807, 2.05) is 0 Å². The van der Waals surface area contributed by atoms with E-state index in [1.54, 1.807) is 0 Å². The Morgan fingerprint density at radius 2 is 1.81 bits per heavy atom. The average Bonchev–Trinajstić information content (AvgIpc) is 2.68. The first-order valence-electron chi connectivity index (χ1n) is 7.18. The Hall–Kier alpha value is -2.20. The van der Waals surface area contributed by atoms with Crippen LogP contribution in [0.15, 0.2) is 35.2 Å². The number of alkyl halides is 3. The molecule has 2 aromatic carbocycles. The number of rotatable bonds is 3. The van der Waals surface area contributed by atoms with Crippen molar-refractivity contribution in [2.24, 2.45) is 0 Å². The molecule has 0 aromatic heterocycles. The molecule has 0 saturated heterocycles. The molecule has 2 aromatic rings. The van der Waals surface area contributed by atoms with Gasteiger partial charge in [0.25, 0.3) is 6.43 Å². The van der Waals surface area contributed by atoms with Crippen molar-refractivity contribution in [1.82, 2.24) is 0 Å². The van der Waals surface area contributed by atoms with Crippen LogP contribution in [0, 0.1) is 11.6 Å². The Bertz CT molecular complexity index is 988. The second-order valence-electron chi connectivity index (χ2n) is 5.76. The highest BCUT2D eigenvalue weighted by molar-refractivity contribution is 7.93. The Morgan fingerprint density at radius 1 is 1.15 bits per heavy atom. The minimum atomic E-state index is -4.71. The van der Waals surface area contributed by atoms with Gasteiger partial charge in [-0.1, -0.05) is 0 Å². The van der Waals surface area contributed by atoms with Crippen LogP contribution in [0.25, 0.3) is 0 Å². The van der Waals surface area contributed by atoms with Crippen LogP contribution in [0.3, 0.4) is 0 Å². The summed E-state index contributed by atoms with van der Waals surface area (Å²) >= 11 is 0.